The zero-order chi connectivity index (χ0) is 21.8. The number of nitro benzene ring substituents is 1. The van der Waals surface area contributed by atoms with Crippen molar-refractivity contribution in [2.24, 2.45) is 0 Å². The van der Waals surface area contributed by atoms with Gasteiger partial charge in [-0.05, 0) is 54.1 Å². The van der Waals surface area contributed by atoms with Gasteiger partial charge in [-0.2, -0.15) is 0 Å². The molecule has 7 nitrogen and oxygen atoms in total. The third kappa shape index (κ3) is 4.70. The number of hydrogen-bond acceptors (Lipinski definition) is 6. The summed E-state index contributed by atoms with van der Waals surface area (Å²) in [5.41, 5.74) is 2.64. The van der Waals surface area contributed by atoms with Crippen molar-refractivity contribution in [2.45, 2.75) is 10.9 Å². The van der Waals surface area contributed by atoms with Crippen molar-refractivity contribution in [2.75, 3.05) is 7.11 Å². The van der Waals surface area contributed by atoms with Crippen LogP contribution in [-0.4, -0.2) is 26.8 Å². The molecule has 0 aliphatic carbocycles. The molecule has 4 rings (SSSR count). The molecule has 0 bridgehead atoms. The number of hydrogen-bond donors (Lipinski definition) is 0. The standard InChI is InChI=1S/C22H17ClN4O3S/c1-30-20-11-9-18(10-12-20)26-21(16-5-7-17(23)8-6-16)24-25-22(26)31-14-15-3-2-4-19(13-15)27(28)29/h2-13H,14H2,1H3. The van der Waals surface area contributed by atoms with Gasteiger partial charge in [-0.15, -0.1) is 10.2 Å². The van der Waals surface area contributed by atoms with Crippen molar-refractivity contribution >= 4 is 29.1 Å². The fourth-order valence-corrected chi connectivity index (χ4v) is 4.04. The molecule has 3 aromatic carbocycles. The summed E-state index contributed by atoms with van der Waals surface area (Å²) in [5.74, 6) is 1.93. The number of nitro groups is 1. The molecule has 0 saturated carbocycles. The van der Waals surface area contributed by atoms with Crippen LogP contribution >= 0.6 is 23.4 Å². The molecule has 9 heteroatoms. The first-order chi connectivity index (χ1) is 15.0. The van der Waals surface area contributed by atoms with Gasteiger partial charge in [0, 0.05) is 34.2 Å². The monoisotopic (exact) mass is 452 g/mol. The summed E-state index contributed by atoms with van der Waals surface area (Å²) < 4.78 is 7.21. The van der Waals surface area contributed by atoms with E-state index < -0.39 is 4.92 Å². The molecule has 0 aliphatic heterocycles. The molecule has 0 spiro atoms. The molecular formula is C22H17ClN4O3S. The zero-order valence-electron chi connectivity index (χ0n) is 16.4. The molecule has 0 unspecified atom stereocenters. The highest BCUT2D eigenvalue weighted by atomic mass is 35.5. The summed E-state index contributed by atoms with van der Waals surface area (Å²) in [5, 5.41) is 21.1. The number of benzene rings is 3. The predicted octanol–water partition coefficient (Wildman–Crippen LogP) is 5.80. The Labute approximate surface area is 187 Å². The molecule has 0 aliphatic rings. The second-order valence-corrected chi connectivity index (χ2v) is 7.94. The lowest BCUT2D eigenvalue weighted by molar-refractivity contribution is -0.384. The number of thioether (sulfide) groups is 1. The van der Waals surface area contributed by atoms with Crippen LogP contribution < -0.4 is 4.74 Å². The number of rotatable bonds is 7. The molecule has 0 saturated heterocycles. The molecule has 31 heavy (non-hydrogen) atoms. The van der Waals surface area contributed by atoms with Gasteiger partial charge < -0.3 is 4.74 Å². The van der Waals surface area contributed by atoms with E-state index in [1.54, 1.807) is 31.4 Å². The Kier molecular flexibility index (Phi) is 6.20. The average molecular weight is 453 g/mol. The van der Waals surface area contributed by atoms with E-state index in [1.165, 1.54) is 17.8 Å². The van der Waals surface area contributed by atoms with E-state index >= 15 is 0 Å². The third-order valence-electron chi connectivity index (χ3n) is 4.56. The SMILES string of the molecule is COc1ccc(-n2c(SCc3cccc([N+](=O)[O-])c3)nnc2-c2ccc(Cl)cc2)cc1. The fourth-order valence-electron chi connectivity index (χ4n) is 3.02. The van der Waals surface area contributed by atoms with Gasteiger partial charge in [0.25, 0.3) is 5.69 Å². The molecule has 156 valence electrons. The molecular weight excluding hydrogens is 436 g/mol. The summed E-state index contributed by atoms with van der Waals surface area (Å²) >= 11 is 7.49. The van der Waals surface area contributed by atoms with Crippen molar-refractivity contribution < 1.29 is 9.66 Å². The van der Waals surface area contributed by atoms with Gasteiger partial charge in [0.2, 0.25) is 0 Å². The van der Waals surface area contributed by atoms with Crippen molar-refractivity contribution in [3.63, 3.8) is 0 Å². The topological polar surface area (TPSA) is 83.1 Å². The van der Waals surface area contributed by atoms with E-state index in [2.05, 4.69) is 10.2 Å². The fraction of sp³-hybridized carbons (Fsp3) is 0.0909. The first-order valence-electron chi connectivity index (χ1n) is 9.27. The lowest BCUT2D eigenvalue weighted by Gasteiger charge is -2.11. The van der Waals surface area contributed by atoms with Crippen LogP contribution in [0.15, 0.2) is 78.0 Å². The Hall–Kier alpha value is -3.36. The number of non-ortho nitro benzene ring substituents is 1. The van der Waals surface area contributed by atoms with E-state index in [4.69, 9.17) is 16.3 Å². The van der Waals surface area contributed by atoms with Crippen LogP contribution in [0.3, 0.4) is 0 Å². The van der Waals surface area contributed by atoms with Crippen molar-refractivity contribution in [3.05, 3.63) is 93.5 Å². The number of nitrogens with zero attached hydrogens (tertiary/aromatic N) is 4. The van der Waals surface area contributed by atoms with Crippen LogP contribution in [-0.2, 0) is 5.75 Å². The minimum Gasteiger partial charge on any atom is -0.497 e. The normalized spacial score (nSPS) is 10.8. The van der Waals surface area contributed by atoms with Gasteiger partial charge in [0.05, 0.1) is 12.0 Å². The lowest BCUT2D eigenvalue weighted by atomic mass is 10.2. The Bertz CT molecular complexity index is 1210. The van der Waals surface area contributed by atoms with Crippen LogP contribution in [0.1, 0.15) is 5.56 Å². The first-order valence-corrected chi connectivity index (χ1v) is 10.6. The third-order valence-corrected chi connectivity index (χ3v) is 5.81. The Morgan fingerprint density at radius 2 is 1.81 bits per heavy atom. The zero-order valence-corrected chi connectivity index (χ0v) is 18.0. The maximum Gasteiger partial charge on any atom is 0.269 e. The largest absolute Gasteiger partial charge is 0.497 e. The smallest absolute Gasteiger partial charge is 0.269 e. The molecule has 1 aromatic heterocycles. The predicted molar refractivity (Wildman–Crippen MR) is 121 cm³/mol. The quantitative estimate of drug-likeness (QED) is 0.200. The molecule has 0 N–H and O–H groups in total. The maximum absolute atomic E-state index is 11.1. The first kappa shape index (κ1) is 20.9. The van der Waals surface area contributed by atoms with Gasteiger partial charge >= 0.3 is 0 Å². The molecule has 1 heterocycles. The average Bonchev–Trinajstić information content (AvgIpc) is 3.22. The van der Waals surface area contributed by atoms with Crippen LogP contribution in [0.25, 0.3) is 17.1 Å². The Morgan fingerprint density at radius 1 is 1.06 bits per heavy atom. The van der Waals surface area contributed by atoms with Gasteiger partial charge in [-0.1, -0.05) is 35.5 Å². The van der Waals surface area contributed by atoms with E-state index in [1.807, 2.05) is 47.0 Å². The highest BCUT2D eigenvalue weighted by Gasteiger charge is 2.17. The van der Waals surface area contributed by atoms with Gasteiger partial charge in [-0.3, -0.25) is 14.7 Å². The molecule has 0 fully saturated rings. The summed E-state index contributed by atoms with van der Waals surface area (Å²) in [6.07, 6.45) is 0. The number of methoxy groups -OCH3 is 1. The Balaban J connectivity index is 1.70. The van der Waals surface area contributed by atoms with E-state index in [0.29, 0.717) is 21.8 Å². The second kappa shape index (κ2) is 9.20. The van der Waals surface area contributed by atoms with Gasteiger partial charge in [0.1, 0.15) is 5.75 Å². The molecule has 4 aromatic rings. The van der Waals surface area contributed by atoms with Crippen LogP contribution in [0, 0.1) is 10.1 Å². The van der Waals surface area contributed by atoms with E-state index in [-0.39, 0.29) is 5.69 Å². The van der Waals surface area contributed by atoms with E-state index in [0.717, 1.165) is 22.6 Å². The minimum atomic E-state index is -0.396. The van der Waals surface area contributed by atoms with Crippen molar-refractivity contribution in [1.29, 1.82) is 0 Å². The van der Waals surface area contributed by atoms with Crippen molar-refractivity contribution in [1.82, 2.24) is 14.8 Å². The molecule has 0 radical (unpaired) electrons. The van der Waals surface area contributed by atoms with Crippen LogP contribution in [0.4, 0.5) is 5.69 Å². The molecule has 0 amide bonds. The minimum absolute atomic E-state index is 0.0663. The Morgan fingerprint density at radius 3 is 2.48 bits per heavy atom. The molecule has 0 atom stereocenters. The number of halogens is 1. The summed E-state index contributed by atoms with van der Waals surface area (Å²) in [6, 6.07) is 21.6. The van der Waals surface area contributed by atoms with Crippen LogP contribution in [0.5, 0.6) is 5.75 Å². The maximum atomic E-state index is 11.1. The summed E-state index contributed by atoms with van der Waals surface area (Å²) in [4.78, 5) is 10.7. The summed E-state index contributed by atoms with van der Waals surface area (Å²) in [6.45, 7) is 0. The van der Waals surface area contributed by atoms with Crippen molar-refractivity contribution in [3.8, 4) is 22.8 Å². The highest BCUT2D eigenvalue weighted by molar-refractivity contribution is 7.98. The highest BCUT2D eigenvalue weighted by Crippen LogP contribution is 2.31. The van der Waals surface area contributed by atoms with Gasteiger partial charge in [0.15, 0.2) is 11.0 Å². The summed E-state index contributed by atoms with van der Waals surface area (Å²) in [7, 11) is 1.62. The van der Waals surface area contributed by atoms with Gasteiger partial charge in [-0.25, -0.2) is 0 Å². The van der Waals surface area contributed by atoms with E-state index in [9.17, 15) is 10.1 Å². The van der Waals surface area contributed by atoms with Crippen LogP contribution in [0.2, 0.25) is 5.02 Å². The lowest BCUT2D eigenvalue weighted by Crippen LogP contribution is -2.00. The second-order valence-electron chi connectivity index (χ2n) is 6.56. The number of ether oxygens (including phenoxy) is 1. The number of aromatic nitrogens is 3.